The Morgan fingerprint density at radius 3 is 2.38 bits per heavy atom. The second kappa shape index (κ2) is 5.68. The number of carbonyl (C=O) groups is 2. The lowest BCUT2D eigenvalue weighted by Crippen LogP contribution is -2.40. The molecule has 1 saturated heterocycles. The maximum absolute atomic E-state index is 11.9. The zero-order valence-corrected chi connectivity index (χ0v) is 9.90. The number of rotatable bonds is 3. The van der Waals surface area contributed by atoms with Gasteiger partial charge in [0.15, 0.2) is 0 Å². The summed E-state index contributed by atoms with van der Waals surface area (Å²) in [6.45, 7) is 4.93. The maximum atomic E-state index is 11.9. The van der Waals surface area contributed by atoms with Gasteiger partial charge in [-0.3, -0.25) is 9.59 Å². The molecule has 0 spiro atoms. The summed E-state index contributed by atoms with van der Waals surface area (Å²) in [7, 11) is 0. The Balaban J connectivity index is 2.51. The number of hydrogen-bond donors (Lipinski definition) is 1. The molecule has 0 unspecified atom stereocenters. The van der Waals surface area contributed by atoms with Crippen LogP contribution in [0.1, 0.15) is 33.1 Å². The van der Waals surface area contributed by atoms with Crippen LogP contribution in [-0.2, 0) is 9.59 Å². The summed E-state index contributed by atoms with van der Waals surface area (Å²) < 4.78 is 0. The highest BCUT2D eigenvalue weighted by atomic mass is 16.4. The molecule has 0 aliphatic carbocycles. The Hall–Kier alpha value is -1.32. The lowest BCUT2D eigenvalue weighted by atomic mass is 9.96. The van der Waals surface area contributed by atoms with E-state index in [-0.39, 0.29) is 11.8 Å². The van der Waals surface area contributed by atoms with Gasteiger partial charge in [-0.2, -0.15) is 0 Å². The zero-order chi connectivity index (χ0) is 12.1. The number of likely N-dealkylation sites (tertiary alicyclic amines) is 1. The van der Waals surface area contributed by atoms with Gasteiger partial charge in [-0.25, -0.2) is 0 Å². The third-order valence-corrected chi connectivity index (χ3v) is 2.98. The van der Waals surface area contributed by atoms with E-state index < -0.39 is 5.97 Å². The minimum atomic E-state index is -0.743. The van der Waals surface area contributed by atoms with Gasteiger partial charge in [0.2, 0.25) is 5.91 Å². The molecule has 1 amide bonds. The minimum Gasteiger partial charge on any atom is -0.481 e. The molecule has 1 N–H and O–H groups in total. The lowest BCUT2D eigenvalue weighted by Gasteiger charge is -2.30. The summed E-state index contributed by atoms with van der Waals surface area (Å²) in [4.78, 5) is 24.4. The van der Waals surface area contributed by atoms with Gasteiger partial charge in [-0.05, 0) is 26.2 Å². The number of hydrogen-bond acceptors (Lipinski definition) is 2. The molecular formula is C12H19NO3. The van der Waals surface area contributed by atoms with Crippen molar-refractivity contribution in [3.8, 4) is 0 Å². The standard InChI is InChI=1S/C12H19NO3/c1-3-4-9(2)11(14)13-7-5-10(6-8-13)12(15)16/h4,10H,3,5-8H2,1-2H3,(H,15,16). The minimum absolute atomic E-state index is 0.0469. The van der Waals surface area contributed by atoms with Crippen LogP contribution in [0.5, 0.6) is 0 Å². The molecule has 4 heteroatoms. The largest absolute Gasteiger partial charge is 0.481 e. The predicted molar refractivity (Wildman–Crippen MR) is 61.0 cm³/mol. The second-order valence-corrected chi connectivity index (χ2v) is 4.20. The number of carbonyl (C=O) groups excluding carboxylic acids is 1. The molecule has 0 bridgehead atoms. The van der Waals surface area contributed by atoms with E-state index >= 15 is 0 Å². The van der Waals surface area contributed by atoms with E-state index in [4.69, 9.17) is 5.11 Å². The molecule has 0 atom stereocenters. The molecule has 4 nitrogen and oxygen atoms in total. The molecule has 0 aromatic rings. The highest BCUT2D eigenvalue weighted by Crippen LogP contribution is 2.18. The SMILES string of the molecule is CCC=C(C)C(=O)N1CCC(C(=O)O)CC1. The first kappa shape index (κ1) is 12.7. The number of carboxylic acids is 1. The van der Waals surface area contributed by atoms with E-state index in [1.165, 1.54) is 0 Å². The van der Waals surface area contributed by atoms with Crippen LogP contribution in [0, 0.1) is 5.92 Å². The molecule has 0 aromatic heterocycles. The molecule has 90 valence electrons. The van der Waals surface area contributed by atoms with Gasteiger partial charge in [0.25, 0.3) is 0 Å². The van der Waals surface area contributed by atoms with Gasteiger partial charge in [0.1, 0.15) is 0 Å². The van der Waals surface area contributed by atoms with Crippen molar-refractivity contribution in [3.63, 3.8) is 0 Å². The van der Waals surface area contributed by atoms with Gasteiger partial charge >= 0.3 is 5.97 Å². The first-order valence-corrected chi connectivity index (χ1v) is 5.75. The zero-order valence-electron chi connectivity index (χ0n) is 9.90. The maximum Gasteiger partial charge on any atom is 0.306 e. The Kier molecular flexibility index (Phi) is 4.52. The first-order valence-electron chi connectivity index (χ1n) is 5.75. The average Bonchev–Trinajstić information content (AvgIpc) is 2.28. The molecule has 0 radical (unpaired) electrons. The van der Waals surface area contributed by atoms with Crippen molar-refractivity contribution < 1.29 is 14.7 Å². The number of amides is 1. The quantitative estimate of drug-likeness (QED) is 0.743. The van der Waals surface area contributed by atoms with Gasteiger partial charge in [0, 0.05) is 18.7 Å². The highest BCUT2D eigenvalue weighted by molar-refractivity contribution is 5.92. The van der Waals surface area contributed by atoms with Crippen LogP contribution in [0.4, 0.5) is 0 Å². The fraction of sp³-hybridized carbons (Fsp3) is 0.667. The van der Waals surface area contributed by atoms with E-state index in [1.807, 2.05) is 19.9 Å². The Labute approximate surface area is 95.9 Å². The lowest BCUT2D eigenvalue weighted by molar-refractivity contribution is -0.145. The van der Waals surface area contributed by atoms with Crippen LogP contribution in [0.25, 0.3) is 0 Å². The number of aliphatic carboxylic acids is 1. The summed E-state index contributed by atoms with van der Waals surface area (Å²) in [5.74, 6) is -0.974. The van der Waals surface area contributed by atoms with Crippen molar-refractivity contribution in [2.24, 2.45) is 5.92 Å². The summed E-state index contributed by atoms with van der Waals surface area (Å²) in [5.41, 5.74) is 0.760. The highest BCUT2D eigenvalue weighted by Gasteiger charge is 2.27. The average molecular weight is 225 g/mol. The third-order valence-electron chi connectivity index (χ3n) is 2.98. The summed E-state index contributed by atoms with van der Waals surface area (Å²) in [6, 6.07) is 0. The van der Waals surface area contributed by atoms with Crippen LogP contribution in [0.2, 0.25) is 0 Å². The smallest absolute Gasteiger partial charge is 0.306 e. The van der Waals surface area contributed by atoms with Crippen molar-refractivity contribution in [2.75, 3.05) is 13.1 Å². The Morgan fingerprint density at radius 2 is 1.94 bits per heavy atom. The number of piperidine rings is 1. The molecule has 0 saturated carbocycles. The molecule has 1 heterocycles. The molecule has 0 aromatic carbocycles. The van der Waals surface area contributed by atoms with E-state index in [1.54, 1.807) is 4.90 Å². The molecule has 16 heavy (non-hydrogen) atoms. The number of allylic oxidation sites excluding steroid dienone is 1. The van der Waals surface area contributed by atoms with Gasteiger partial charge in [-0.15, -0.1) is 0 Å². The van der Waals surface area contributed by atoms with Crippen LogP contribution < -0.4 is 0 Å². The predicted octanol–water partition coefficient (Wildman–Crippen LogP) is 1.67. The molecule has 1 aliphatic heterocycles. The first-order chi connectivity index (χ1) is 7.56. The van der Waals surface area contributed by atoms with Gasteiger partial charge in [-0.1, -0.05) is 13.0 Å². The van der Waals surface area contributed by atoms with Crippen LogP contribution in [-0.4, -0.2) is 35.0 Å². The summed E-state index contributed by atoms with van der Waals surface area (Å²) >= 11 is 0. The van der Waals surface area contributed by atoms with Crippen LogP contribution in [0.3, 0.4) is 0 Å². The molecular weight excluding hydrogens is 206 g/mol. The fourth-order valence-electron chi connectivity index (χ4n) is 1.97. The third kappa shape index (κ3) is 3.08. The Morgan fingerprint density at radius 1 is 1.38 bits per heavy atom. The van der Waals surface area contributed by atoms with Crippen molar-refractivity contribution in [3.05, 3.63) is 11.6 Å². The van der Waals surface area contributed by atoms with Crippen molar-refractivity contribution in [2.45, 2.75) is 33.1 Å². The molecule has 1 aliphatic rings. The van der Waals surface area contributed by atoms with Crippen LogP contribution in [0.15, 0.2) is 11.6 Å². The van der Waals surface area contributed by atoms with Crippen molar-refractivity contribution >= 4 is 11.9 Å². The number of carboxylic acid groups (broad SMARTS) is 1. The van der Waals surface area contributed by atoms with Gasteiger partial charge < -0.3 is 10.0 Å². The fourth-order valence-corrected chi connectivity index (χ4v) is 1.97. The summed E-state index contributed by atoms with van der Waals surface area (Å²) in [5, 5.41) is 8.84. The molecule has 1 rings (SSSR count). The monoisotopic (exact) mass is 225 g/mol. The normalized spacial score (nSPS) is 18.6. The van der Waals surface area contributed by atoms with E-state index in [9.17, 15) is 9.59 Å². The topological polar surface area (TPSA) is 57.6 Å². The second-order valence-electron chi connectivity index (χ2n) is 4.20. The van der Waals surface area contributed by atoms with Crippen LogP contribution >= 0.6 is 0 Å². The molecule has 1 fully saturated rings. The van der Waals surface area contributed by atoms with E-state index in [0.717, 1.165) is 12.0 Å². The summed E-state index contributed by atoms with van der Waals surface area (Å²) in [6.07, 6.45) is 3.90. The number of nitrogens with zero attached hydrogens (tertiary/aromatic N) is 1. The van der Waals surface area contributed by atoms with E-state index in [2.05, 4.69) is 0 Å². The van der Waals surface area contributed by atoms with Gasteiger partial charge in [0.05, 0.1) is 5.92 Å². The Bertz CT molecular complexity index is 301. The van der Waals surface area contributed by atoms with Crippen molar-refractivity contribution in [1.82, 2.24) is 4.90 Å². The van der Waals surface area contributed by atoms with Crippen molar-refractivity contribution in [1.29, 1.82) is 0 Å². The van der Waals surface area contributed by atoms with E-state index in [0.29, 0.717) is 25.9 Å².